The molecule has 1 aliphatic carbocycles. The summed E-state index contributed by atoms with van der Waals surface area (Å²) in [6.45, 7) is 6.69. The number of halogens is 1. The lowest BCUT2D eigenvalue weighted by Crippen LogP contribution is -2.56. The predicted octanol–water partition coefficient (Wildman–Crippen LogP) is 3.94. The van der Waals surface area contributed by atoms with Crippen molar-refractivity contribution < 1.29 is 5.11 Å². The average molecular weight is 376 g/mol. The molecule has 5 heteroatoms. The number of aliphatic hydroxyl groups is 1. The van der Waals surface area contributed by atoms with Gasteiger partial charge in [0.25, 0.3) is 0 Å². The Morgan fingerprint density at radius 3 is 2.81 bits per heavy atom. The first-order chi connectivity index (χ1) is 12.7. The smallest absolute Gasteiger partial charge is 0.0460 e. The van der Waals surface area contributed by atoms with Crippen molar-refractivity contribution in [1.82, 2.24) is 14.8 Å². The lowest BCUT2D eigenvalue weighted by atomic mass is 10.0. The zero-order chi connectivity index (χ0) is 18.1. The van der Waals surface area contributed by atoms with Crippen LogP contribution in [0.4, 0.5) is 0 Å². The van der Waals surface area contributed by atoms with E-state index in [1.165, 1.54) is 47.8 Å². The summed E-state index contributed by atoms with van der Waals surface area (Å²) < 4.78 is 0. The second-order valence-corrected chi connectivity index (χ2v) is 8.43. The third-order valence-electron chi connectivity index (χ3n) is 6.37. The van der Waals surface area contributed by atoms with Crippen LogP contribution < -0.4 is 0 Å². The van der Waals surface area contributed by atoms with Crippen molar-refractivity contribution in [3.63, 3.8) is 0 Å². The van der Waals surface area contributed by atoms with Crippen molar-refractivity contribution in [3.8, 4) is 0 Å². The van der Waals surface area contributed by atoms with Crippen LogP contribution >= 0.6 is 11.6 Å². The summed E-state index contributed by atoms with van der Waals surface area (Å²) in [6.07, 6.45) is 6.29. The Labute approximate surface area is 161 Å². The van der Waals surface area contributed by atoms with E-state index in [1.807, 2.05) is 6.07 Å². The third kappa shape index (κ3) is 3.65. The largest absolute Gasteiger partial charge is 0.396 e. The molecule has 26 heavy (non-hydrogen) atoms. The number of aromatic amines is 1. The Kier molecular flexibility index (Phi) is 5.55. The minimum atomic E-state index is 0.283. The number of nitrogens with zero attached hydrogens (tertiary/aromatic N) is 2. The summed E-state index contributed by atoms with van der Waals surface area (Å²) in [5.74, 6) is 0. The van der Waals surface area contributed by atoms with Crippen LogP contribution in [0.5, 0.6) is 0 Å². The molecular weight excluding hydrogens is 346 g/mol. The summed E-state index contributed by atoms with van der Waals surface area (Å²) in [7, 11) is 0. The number of benzene rings is 1. The Balaban J connectivity index is 1.48. The van der Waals surface area contributed by atoms with Crippen LogP contribution in [0.3, 0.4) is 0 Å². The zero-order valence-corrected chi connectivity index (χ0v) is 16.4. The van der Waals surface area contributed by atoms with E-state index in [4.69, 9.17) is 11.6 Å². The summed E-state index contributed by atoms with van der Waals surface area (Å²) >= 11 is 6.17. The van der Waals surface area contributed by atoms with Gasteiger partial charge < -0.3 is 10.1 Å². The first-order valence-electron chi connectivity index (χ1n) is 10.0. The van der Waals surface area contributed by atoms with E-state index < -0.39 is 0 Å². The van der Waals surface area contributed by atoms with Gasteiger partial charge in [0.2, 0.25) is 0 Å². The summed E-state index contributed by atoms with van der Waals surface area (Å²) in [6, 6.07) is 7.29. The van der Waals surface area contributed by atoms with Gasteiger partial charge in [-0.25, -0.2) is 0 Å². The van der Waals surface area contributed by atoms with Crippen LogP contribution in [0, 0.1) is 6.92 Å². The number of nitrogens with one attached hydrogen (secondary N) is 1. The first-order valence-corrected chi connectivity index (χ1v) is 10.4. The van der Waals surface area contributed by atoms with Crippen molar-refractivity contribution >= 4 is 22.5 Å². The number of aliphatic hydroxyl groups excluding tert-OH is 1. The van der Waals surface area contributed by atoms with Crippen molar-refractivity contribution in [3.05, 3.63) is 34.5 Å². The van der Waals surface area contributed by atoms with Gasteiger partial charge in [0.15, 0.2) is 0 Å². The Hall–Kier alpha value is -1.07. The molecule has 4 rings (SSSR count). The van der Waals surface area contributed by atoms with E-state index in [2.05, 4.69) is 33.8 Å². The molecule has 1 aromatic heterocycles. The molecule has 2 aromatic rings. The zero-order valence-electron chi connectivity index (χ0n) is 15.7. The van der Waals surface area contributed by atoms with Crippen LogP contribution in [-0.2, 0) is 6.54 Å². The molecule has 1 unspecified atom stereocenters. The SMILES string of the molecule is Cc1c(CN2CCN(C3CCCC3)C(CCO)C2)[nH]c2ccc(Cl)cc12. The number of aromatic nitrogens is 1. The summed E-state index contributed by atoms with van der Waals surface area (Å²) in [5, 5.41) is 11.6. The molecule has 1 aromatic carbocycles. The van der Waals surface area contributed by atoms with E-state index >= 15 is 0 Å². The highest BCUT2D eigenvalue weighted by atomic mass is 35.5. The van der Waals surface area contributed by atoms with Gasteiger partial charge >= 0.3 is 0 Å². The predicted molar refractivity (Wildman–Crippen MR) is 108 cm³/mol. The Bertz CT molecular complexity index is 753. The molecule has 2 fully saturated rings. The van der Waals surface area contributed by atoms with E-state index in [9.17, 15) is 5.11 Å². The van der Waals surface area contributed by atoms with Crippen LogP contribution in [-0.4, -0.2) is 58.2 Å². The molecule has 4 nitrogen and oxygen atoms in total. The van der Waals surface area contributed by atoms with E-state index in [1.54, 1.807) is 0 Å². The van der Waals surface area contributed by atoms with Crippen molar-refractivity contribution in [2.45, 2.75) is 57.7 Å². The molecule has 2 heterocycles. The minimum Gasteiger partial charge on any atom is -0.396 e. The number of hydrogen-bond acceptors (Lipinski definition) is 3. The second kappa shape index (κ2) is 7.89. The molecule has 0 bridgehead atoms. The van der Waals surface area contributed by atoms with Gasteiger partial charge in [-0.1, -0.05) is 24.4 Å². The number of rotatable bonds is 5. The van der Waals surface area contributed by atoms with Crippen LogP contribution in [0.25, 0.3) is 10.9 Å². The average Bonchev–Trinajstić information content (AvgIpc) is 3.26. The molecule has 0 amide bonds. The monoisotopic (exact) mass is 375 g/mol. The van der Waals surface area contributed by atoms with Crippen LogP contribution in [0.15, 0.2) is 18.2 Å². The Morgan fingerprint density at radius 1 is 1.23 bits per heavy atom. The van der Waals surface area contributed by atoms with Crippen molar-refractivity contribution in [1.29, 1.82) is 0 Å². The van der Waals surface area contributed by atoms with E-state index in [0.717, 1.165) is 43.7 Å². The van der Waals surface area contributed by atoms with Gasteiger partial charge in [0.1, 0.15) is 0 Å². The number of fused-ring (bicyclic) bond motifs is 1. The van der Waals surface area contributed by atoms with Crippen LogP contribution in [0.1, 0.15) is 43.4 Å². The highest BCUT2D eigenvalue weighted by Gasteiger charge is 2.33. The minimum absolute atomic E-state index is 0.283. The van der Waals surface area contributed by atoms with Crippen LogP contribution in [0.2, 0.25) is 5.02 Å². The maximum atomic E-state index is 9.56. The number of aryl methyl sites for hydroxylation is 1. The number of piperazine rings is 1. The Morgan fingerprint density at radius 2 is 2.04 bits per heavy atom. The van der Waals surface area contributed by atoms with E-state index in [0.29, 0.717) is 6.04 Å². The normalized spacial score (nSPS) is 23.3. The highest BCUT2D eigenvalue weighted by molar-refractivity contribution is 6.31. The quantitative estimate of drug-likeness (QED) is 0.831. The molecule has 1 saturated heterocycles. The highest BCUT2D eigenvalue weighted by Crippen LogP contribution is 2.30. The molecule has 0 radical (unpaired) electrons. The van der Waals surface area contributed by atoms with Gasteiger partial charge in [-0.05, 0) is 49.9 Å². The molecule has 1 saturated carbocycles. The lowest BCUT2D eigenvalue weighted by molar-refractivity contribution is 0.0263. The molecule has 2 N–H and O–H groups in total. The number of hydrogen-bond donors (Lipinski definition) is 2. The fourth-order valence-electron chi connectivity index (χ4n) is 4.94. The second-order valence-electron chi connectivity index (χ2n) is 8.00. The van der Waals surface area contributed by atoms with E-state index in [-0.39, 0.29) is 6.61 Å². The summed E-state index contributed by atoms with van der Waals surface area (Å²) in [4.78, 5) is 8.83. The first kappa shape index (κ1) is 18.3. The molecule has 0 spiro atoms. The van der Waals surface area contributed by atoms with Gasteiger partial charge in [-0.15, -0.1) is 0 Å². The van der Waals surface area contributed by atoms with Gasteiger partial charge in [0, 0.05) is 66.5 Å². The van der Waals surface area contributed by atoms with Gasteiger partial charge in [-0.3, -0.25) is 9.80 Å². The number of H-pyrrole nitrogens is 1. The van der Waals surface area contributed by atoms with Crippen molar-refractivity contribution in [2.24, 2.45) is 0 Å². The summed E-state index contributed by atoms with van der Waals surface area (Å²) in [5.41, 5.74) is 3.76. The maximum absolute atomic E-state index is 9.56. The third-order valence-corrected chi connectivity index (χ3v) is 6.61. The molecular formula is C21H30ClN3O. The van der Waals surface area contributed by atoms with Gasteiger partial charge in [0.05, 0.1) is 0 Å². The molecule has 1 aliphatic heterocycles. The van der Waals surface area contributed by atoms with Gasteiger partial charge in [-0.2, -0.15) is 0 Å². The fourth-order valence-corrected chi connectivity index (χ4v) is 5.11. The molecule has 1 atom stereocenters. The topological polar surface area (TPSA) is 42.5 Å². The molecule has 2 aliphatic rings. The molecule has 142 valence electrons. The van der Waals surface area contributed by atoms with Crippen molar-refractivity contribution in [2.75, 3.05) is 26.2 Å². The lowest BCUT2D eigenvalue weighted by Gasteiger charge is -2.44. The maximum Gasteiger partial charge on any atom is 0.0460 e. The standard InChI is InChI=1S/C21H30ClN3O/c1-15-19-12-16(22)6-7-20(19)23-21(15)14-24-9-10-25(17-4-2-3-5-17)18(13-24)8-11-26/h6-7,12,17-18,23,26H,2-5,8-11,13-14H2,1H3. The fraction of sp³-hybridized carbons (Fsp3) is 0.619.